The normalized spacial score (nSPS) is 15.4. The number of hydrogen-bond acceptors (Lipinski definition) is 0. The maximum atomic E-state index is 3.72. The van der Waals surface area contributed by atoms with Crippen LogP contribution in [0, 0.1) is 13.8 Å². The summed E-state index contributed by atoms with van der Waals surface area (Å²) < 4.78 is 1.22. The molecule has 0 radical (unpaired) electrons. The highest BCUT2D eigenvalue weighted by Gasteiger charge is 2.38. The maximum absolute atomic E-state index is 3.72. The molecule has 2 aromatic carbocycles. The zero-order chi connectivity index (χ0) is 13.1. The first-order valence-electron chi connectivity index (χ1n) is 6.34. The van der Waals surface area contributed by atoms with Crippen molar-refractivity contribution >= 4 is 15.9 Å². The average Bonchev–Trinajstić information content (AvgIpc) is 2.48. The molecule has 0 atom stereocenters. The Hall–Kier alpha value is -1.08. The van der Waals surface area contributed by atoms with Gasteiger partial charge in [-0.05, 0) is 47.7 Å². The number of benzene rings is 2. The second kappa shape index (κ2) is 3.71. The van der Waals surface area contributed by atoms with Crippen LogP contribution in [0.4, 0.5) is 0 Å². The van der Waals surface area contributed by atoms with Crippen LogP contribution in [0.25, 0.3) is 11.1 Å². The van der Waals surface area contributed by atoms with Crippen molar-refractivity contribution < 1.29 is 0 Å². The Labute approximate surface area is 117 Å². The molecule has 0 spiro atoms. The molecular weight excluding hydrogens is 284 g/mol. The molecule has 0 saturated carbocycles. The summed E-state index contributed by atoms with van der Waals surface area (Å²) in [6.45, 7) is 9.05. The third-order valence-electron chi connectivity index (χ3n) is 4.03. The highest BCUT2D eigenvalue weighted by Crippen LogP contribution is 2.52. The molecule has 2 aromatic rings. The number of hydrogen-bond donors (Lipinski definition) is 0. The van der Waals surface area contributed by atoms with Gasteiger partial charge in [-0.15, -0.1) is 0 Å². The van der Waals surface area contributed by atoms with E-state index >= 15 is 0 Å². The van der Waals surface area contributed by atoms with Gasteiger partial charge < -0.3 is 0 Å². The van der Waals surface area contributed by atoms with Crippen LogP contribution in [0.3, 0.4) is 0 Å². The van der Waals surface area contributed by atoms with Gasteiger partial charge in [-0.2, -0.15) is 0 Å². The SMILES string of the molecule is Cc1cc(C)c2c(c1)-c1cccc(Br)c1C2(C)C. The molecule has 1 aliphatic carbocycles. The van der Waals surface area contributed by atoms with Crippen molar-refractivity contribution in [2.24, 2.45) is 0 Å². The molecule has 1 aliphatic rings. The van der Waals surface area contributed by atoms with Gasteiger partial charge in [0.15, 0.2) is 0 Å². The molecule has 0 nitrogen and oxygen atoms in total. The van der Waals surface area contributed by atoms with E-state index in [2.05, 4.69) is 74.0 Å². The Balaban J connectivity index is 2.47. The van der Waals surface area contributed by atoms with Gasteiger partial charge in [-0.3, -0.25) is 0 Å². The minimum Gasteiger partial charge on any atom is -0.0605 e. The molecule has 92 valence electrons. The number of fused-ring (bicyclic) bond motifs is 3. The summed E-state index contributed by atoms with van der Waals surface area (Å²) >= 11 is 3.72. The Morgan fingerprint density at radius 3 is 2.39 bits per heavy atom. The average molecular weight is 301 g/mol. The lowest BCUT2D eigenvalue weighted by Crippen LogP contribution is -2.17. The smallest absolute Gasteiger partial charge is 0.0222 e. The Bertz CT molecular complexity index is 651. The van der Waals surface area contributed by atoms with Gasteiger partial charge in [0, 0.05) is 9.89 Å². The van der Waals surface area contributed by atoms with Gasteiger partial charge in [-0.1, -0.05) is 59.6 Å². The van der Waals surface area contributed by atoms with Crippen LogP contribution in [0.15, 0.2) is 34.8 Å². The molecule has 0 bridgehead atoms. The van der Waals surface area contributed by atoms with E-state index < -0.39 is 0 Å². The van der Waals surface area contributed by atoms with E-state index in [0.29, 0.717) is 0 Å². The zero-order valence-electron chi connectivity index (χ0n) is 11.3. The molecule has 0 heterocycles. The monoisotopic (exact) mass is 300 g/mol. The summed E-state index contributed by atoms with van der Waals surface area (Å²) in [5.74, 6) is 0. The molecule has 0 fully saturated rings. The van der Waals surface area contributed by atoms with Gasteiger partial charge >= 0.3 is 0 Å². The van der Waals surface area contributed by atoms with Crippen LogP contribution < -0.4 is 0 Å². The molecule has 0 unspecified atom stereocenters. The lowest BCUT2D eigenvalue weighted by atomic mass is 9.80. The summed E-state index contributed by atoms with van der Waals surface area (Å²) in [7, 11) is 0. The highest BCUT2D eigenvalue weighted by molar-refractivity contribution is 9.10. The topological polar surface area (TPSA) is 0 Å². The summed E-state index contributed by atoms with van der Waals surface area (Å²) in [6.07, 6.45) is 0. The fraction of sp³-hybridized carbons (Fsp3) is 0.294. The molecule has 0 amide bonds. The standard InChI is InChI=1S/C17H17Br/c1-10-8-11(2)15-13(9-10)12-6-5-7-14(18)16(12)17(15,3)4/h5-9H,1-4H3. The number of halogens is 1. The van der Waals surface area contributed by atoms with E-state index in [4.69, 9.17) is 0 Å². The molecule has 0 saturated heterocycles. The maximum Gasteiger partial charge on any atom is 0.0222 e. The summed E-state index contributed by atoms with van der Waals surface area (Å²) in [5, 5.41) is 0. The lowest BCUT2D eigenvalue weighted by Gasteiger charge is -2.24. The largest absolute Gasteiger partial charge is 0.0605 e. The van der Waals surface area contributed by atoms with Gasteiger partial charge in [-0.25, -0.2) is 0 Å². The third kappa shape index (κ3) is 1.43. The van der Waals surface area contributed by atoms with Gasteiger partial charge in [0.25, 0.3) is 0 Å². The fourth-order valence-electron chi connectivity index (χ4n) is 3.52. The van der Waals surface area contributed by atoms with Gasteiger partial charge in [0.2, 0.25) is 0 Å². The molecular formula is C17H17Br. The van der Waals surface area contributed by atoms with E-state index in [1.807, 2.05) is 0 Å². The first kappa shape index (κ1) is 12.0. The van der Waals surface area contributed by atoms with Crippen molar-refractivity contribution in [1.29, 1.82) is 0 Å². The van der Waals surface area contributed by atoms with Crippen LogP contribution in [0.1, 0.15) is 36.1 Å². The van der Waals surface area contributed by atoms with Crippen LogP contribution in [-0.4, -0.2) is 0 Å². The second-order valence-corrected chi connectivity index (χ2v) is 6.65. The van der Waals surface area contributed by atoms with E-state index in [0.717, 1.165) is 0 Å². The van der Waals surface area contributed by atoms with Crippen molar-refractivity contribution in [2.75, 3.05) is 0 Å². The molecule has 18 heavy (non-hydrogen) atoms. The third-order valence-corrected chi connectivity index (χ3v) is 4.69. The molecule has 0 aromatic heterocycles. The van der Waals surface area contributed by atoms with Crippen molar-refractivity contribution in [2.45, 2.75) is 33.1 Å². The summed E-state index contributed by atoms with van der Waals surface area (Å²) in [6, 6.07) is 11.1. The Morgan fingerprint density at radius 1 is 0.944 bits per heavy atom. The molecule has 1 heteroatoms. The minimum atomic E-state index is 0.0859. The first-order chi connectivity index (χ1) is 8.43. The predicted molar refractivity (Wildman–Crippen MR) is 81.2 cm³/mol. The first-order valence-corrected chi connectivity index (χ1v) is 7.13. The van der Waals surface area contributed by atoms with Crippen LogP contribution in [-0.2, 0) is 5.41 Å². The van der Waals surface area contributed by atoms with E-state index in [-0.39, 0.29) is 5.41 Å². The highest BCUT2D eigenvalue weighted by atomic mass is 79.9. The summed E-state index contributed by atoms with van der Waals surface area (Å²) in [5.41, 5.74) is 8.53. The molecule has 0 N–H and O–H groups in total. The van der Waals surface area contributed by atoms with E-state index in [1.165, 1.54) is 37.9 Å². The number of aryl methyl sites for hydroxylation is 2. The minimum absolute atomic E-state index is 0.0859. The fourth-order valence-corrected chi connectivity index (χ4v) is 4.38. The Kier molecular flexibility index (Phi) is 2.47. The molecule has 0 aliphatic heterocycles. The van der Waals surface area contributed by atoms with Crippen molar-refractivity contribution in [3.63, 3.8) is 0 Å². The second-order valence-electron chi connectivity index (χ2n) is 5.79. The van der Waals surface area contributed by atoms with Crippen LogP contribution in [0.2, 0.25) is 0 Å². The summed E-state index contributed by atoms with van der Waals surface area (Å²) in [4.78, 5) is 0. The Morgan fingerprint density at radius 2 is 1.67 bits per heavy atom. The zero-order valence-corrected chi connectivity index (χ0v) is 12.9. The predicted octanol–water partition coefficient (Wildman–Crippen LogP) is 5.37. The van der Waals surface area contributed by atoms with Crippen molar-refractivity contribution in [3.05, 3.63) is 57.1 Å². The quantitative estimate of drug-likeness (QED) is 0.613. The molecule has 3 rings (SSSR count). The van der Waals surface area contributed by atoms with E-state index in [1.54, 1.807) is 0 Å². The van der Waals surface area contributed by atoms with Crippen LogP contribution in [0.5, 0.6) is 0 Å². The van der Waals surface area contributed by atoms with Crippen molar-refractivity contribution in [1.82, 2.24) is 0 Å². The van der Waals surface area contributed by atoms with Crippen molar-refractivity contribution in [3.8, 4) is 11.1 Å². The number of rotatable bonds is 0. The van der Waals surface area contributed by atoms with Gasteiger partial charge in [0.1, 0.15) is 0 Å². The van der Waals surface area contributed by atoms with Gasteiger partial charge in [0.05, 0.1) is 0 Å². The lowest BCUT2D eigenvalue weighted by molar-refractivity contribution is 0.652. The van der Waals surface area contributed by atoms with Crippen LogP contribution >= 0.6 is 15.9 Å². The van der Waals surface area contributed by atoms with E-state index in [9.17, 15) is 0 Å².